The fourth-order valence-electron chi connectivity index (χ4n) is 4.60. The number of aryl methyl sites for hydroxylation is 2. The van der Waals surface area contributed by atoms with E-state index in [0.717, 1.165) is 63.7 Å². The Labute approximate surface area is 197 Å². The van der Waals surface area contributed by atoms with Crippen LogP contribution in [-0.4, -0.2) is 47.1 Å². The molecule has 174 valence electrons. The van der Waals surface area contributed by atoms with Gasteiger partial charge in [0, 0.05) is 44.3 Å². The lowest BCUT2D eigenvalue weighted by atomic mass is 9.86. The lowest BCUT2D eigenvalue weighted by molar-refractivity contribution is 0.186. The highest BCUT2D eigenvalue weighted by atomic mass is 32.1. The van der Waals surface area contributed by atoms with E-state index in [1.807, 2.05) is 28.7 Å². The summed E-state index contributed by atoms with van der Waals surface area (Å²) in [5, 5.41) is 19.1. The summed E-state index contributed by atoms with van der Waals surface area (Å²) in [6.07, 6.45) is 9.86. The molecule has 0 spiro atoms. The van der Waals surface area contributed by atoms with Crippen molar-refractivity contribution in [2.45, 2.75) is 58.5 Å². The molecule has 0 radical (unpaired) electrons. The summed E-state index contributed by atoms with van der Waals surface area (Å²) in [5.74, 6) is 2.67. The van der Waals surface area contributed by atoms with Crippen LogP contribution in [0.4, 0.5) is 5.82 Å². The minimum atomic E-state index is 0.282. The van der Waals surface area contributed by atoms with Crippen LogP contribution in [-0.2, 0) is 7.05 Å². The van der Waals surface area contributed by atoms with Crippen LogP contribution < -0.4 is 5.32 Å². The van der Waals surface area contributed by atoms with Crippen molar-refractivity contribution in [1.82, 2.24) is 29.3 Å². The van der Waals surface area contributed by atoms with Crippen LogP contribution in [0.2, 0.25) is 0 Å². The van der Waals surface area contributed by atoms with Crippen LogP contribution >= 0.6 is 11.3 Å². The first kappa shape index (κ1) is 22.0. The van der Waals surface area contributed by atoms with Crippen LogP contribution in [0.25, 0.3) is 32.4 Å². The Balaban J connectivity index is 1.59. The topological polar surface area (TPSA) is 93.7 Å². The van der Waals surface area contributed by atoms with E-state index in [4.69, 9.17) is 15.1 Å². The van der Waals surface area contributed by atoms with E-state index in [0.29, 0.717) is 23.8 Å². The first-order valence-corrected chi connectivity index (χ1v) is 12.5. The molecule has 0 aliphatic heterocycles. The summed E-state index contributed by atoms with van der Waals surface area (Å²) in [6.45, 7) is 6.68. The smallest absolute Gasteiger partial charge is 0.199 e. The largest absolute Gasteiger partial charge is 0.396 e. The van der Waals surface area contributed by atoms with Gasteiger partial charge in [-0.05, 0) is 64.0 Å². The molecule has 1 saturated carbocycles. The van der Waals surface area contributed by atoms with Crippen molar-refractivity contribution >= 4 is 27.4 Å². The van der Waals surface area contributed by atoms with Gasteiger partial charge in [-0.25, -0.2) is 15.0 Å². The number of hydrogen-bond acceptors (Lipinski definition) is 7. The fourth-order valence-corrected chi connectivity index (χ4v) is 5.74. The van der Waals surface area contributed by atoms with Gasteiger partial charge < -0.3 is 15.0 Å². The van der Waals surface area contributed by atoms with Gasteiger partial charge in [0.05, 0.1) is 10.3 Å². The number of aliphatic hydroxyl groups is 1. The normalized spacial score (nSPS) is 19.0. The number of rotatable bonds is 6. The maximum Gasteiger partial charge on any atom is 0.199 e. The highest BCUT2D eigenvalue weighted by Gasteiger charge is 2.25. The standard InChI is InChI=1S/C24H31N7OS/c1-14(2)31-11-9-18(29-31)20-15(3)19-21(26-17-7-5-16(13-32)6-8-17)27-22(28-24(19)33-20)23-25-10-12-30(23)4/h9-12,14,16-17,32H,5-8,13H2,1-4H3,(H,26,27,28). The maximum absolute atomic E-state index is 9.50. The molecule has 4 aromatic heterocycles. The molecule has 1 aliphatic carbocycles. The van der Waals surface area contributed by atoms with E-state index in [-0.39, 0.29) is 6.61 Å². The molecule has 4 aromatic rings. The average molecular weight is 466 g/mol. The van der Waals surface area contributed by atoms with Gasteiger partial charge in [0.15, 0.2) is 11.6 Å². The minimum Gasteiger partial charge on any atom is -0.396 e. The van der Waals surface area contributed by atoms with Gasteiger partial charge in [-0.1, -0.05) is 0 Å². The second kappa shape index (κ2) is 8.87. The number of thiophene rings is 1. The molecule has 2 N–H and O–H groups in total. The third kappa shape index (κ3) is 4.15. The first-order chi connectivity index (χ1) is 15.9. The number of aliphatic hydroxyl groups excluding tert-OH is 1. The van der Waals surface area contributed by atoms with Crippen molar-refractivity contribution in [2.24, 2.45) is 13.0 Å². The van der Waals surface area contributed by atoms with Gasteiger partial charge in [-0.3, -0.25) is 4.68 Å². The Morgan fingerprint density at radius 1 is 1.18 bits per heavy atom. The van der Waals surface area contributed by atoms with E-state index in [2.05, 4.69) is 37.1 Å². The number of hydrogen-bond donors (Lipinski definition) is 2. The molecule has 0 aromatic carbocycles. The highest BCUT2D eigenvalue weighted by molar-refractivity contribution is 7.22. The Morgan fingerprint density at radius 3 is 2.61 bits per heavy atom. The van der Waals surface area contributed by atoms with E-state index in [1.54, 1.807) is 17.5 Å². The lowest BCUT2D eigenvalue weighted by Gasteiger charge is -2.28. The molecule has 0 bridgehead atoms. The van der Waals surface area contributed by atoms with Gasteiger partial charge in [-0.15, -0.1) is 11.3 Å². The predicted molar refractivity (Wildman–Crippen MR) is 132 cm³/mol. The lowest BCUT2D eigenvalue weighted by Crippen LogP contribution is -2.28. The molecule has 1 aliphatic rings. The van der Waals surface area contributed by atoms with Gasteiger partial charge >= 0.3 is 0 Å². The number of aromatic nitrogens is 6. The number of anilines is 1. The Hall–Kier alpha value is -2.78. The Morgan fingerprint density at radius 2 is 1.97 bits per heavy atom. The van der Waals surface area contributed by atoms with Gasteiger partial charge in [0.25, 0.3) is 0 Å². The molecule has 4 heterocycles. The molecule has 0 atom stereocenters. The van der Waals surface area contributed by atoms with Crippen molar-refractivity contribution in [2.75, 3.05) is 11.9 Å². The maximum atomic E-state index is 9.50. The third-order valence-corrected chi connectivity index (χ3v) is 7.84. The van der Waals surface area contributed by atoms with Crippen molar-refractivity contribution < 1.29 is 5.11 Å². The van der Waals surface area contributed by atoms with Crippen LogP contribution in [0.5, 0.6) is 0 Å². The van der Waals surface area contributed by atoms with Crippen LogP contribution in [0.3, 0.4) is 0 Å². The second-order valence-electron chi connectivity index (χ2n) is 9.31. The minimum absolute atomic E-state index is 0.282. The van der Waals surface area contributed by atoms with Crippen molar-refractivity contribution in [3.05, 3.63) is 30.2 Å². The van der Waals surface area contributed by atoms with Crippen molar-refractivity contribution in [1.29, 1.82) is 0 Å². The molecule has 33 heavy (non-hydrogen) atoms. The third-order valence-electron chi connectivity index (χ3n) is 6.63. The Bertz CT molecular complexity index is 1260. The number of nitrogens with one attached hydrogen (secondary N) is 1. The van der Waals surface area contributed by atoms with E-state index < -0.39 is 0 Å². The molecule has 0 amide bonds. The number of imidazole rings is 1. The quantitative estimate of drug-likeness (QED) is 0.425. The molecule has 9 heteroatoms. The summed E-state index contributed by atoms with van der Waals surface area (Å²) >= 11 is 1.66. The SMILES string of the molecule is Cc1c(-c2ccn(C(C)C)n2)sc2nc(-c3nccn3C)nc(NC3CCC(CO)CC3)c12. The summed E-state index contributed by atoms with van der Waals surface area (Å²) < 4.78 is 3.94. The van der Waals surface area contributed by atoms with Crippen molar-refractivity contribution in [3.8, 4) is 22.2 Å². The fraction of sp³-hybridized carbons (Fsp3) is 0.500. The first-order valence-electron chi connectivity index (χ1n) is 11.7. The summed E-state index contributed by atoms with van der Waals surface area (Å²) in [4.78, 5) is 16.4. The molecule has 8 nitrogen and oxygen atoms in total. The highest BCUT2D eigenvalue weighted by Crippen LogP contribution is 2.41. The zero-order valence-electron chi connectivity index (χ0n) is 19.6. The zero-order valence-corrected chi connectivity index (χ0v) is 20.4. The van der Waals surface area contributed by atoms with Crippen LogP contribution in [0.15, 0.2) is 24.7 Å². The zero-order chi connectivity index (χ0) is 23.1. The average Bonchev–Trinajstić information content (AvgIpc) is 3.53. The van der Waals surface area contributed by atoms with Gasteiger partial charge in [0.2, 0.25) is 0 Å². The molecule has 0 saturated heterocycles. The summed E-state index contributed by atoms with van der Waals surface area (Å²) in [7, 11) is 1.96. The van der Waals surface area contributed by atoms with E-state index >= 15 is 0 Å². The molecule has 5 rings (SSSR count). The summed E-state index contributed by atoms with van der Waals surface area (Å²) in [5.41, 5.74) is 2.12. The number of nitrogens with zero attached hydrogens (tertiary/aromatic N) is 6. The predicted octanol–water partition coefficient (Wildman–Crippen LogP) is 4.81. The van der Waals surface area contributed by atoms with Gasteiger partial charge in [-0.2, -0.15) is 5.10 Å². The number of fused-ring (bicyclic) bond motifs is 1. The van der Waals surface area contributed by atoms with E-state index in [1.165, 1.54) is 0 Å². The summed E-state index contributed by atoms with van der Waals surface area (Å²) in [6, 6.07) is 2.73. The van der Waals surface area contributed by atoms with Crippen molar-refractivity contribution in [3.63, 3.8) is 0 Å². The molecular formula is C24H31N7OS. The molecular weight excluding hydrogens is 434 g/mol. The molecule has 0 unspecified atom stereocenters. The molecule has 1 fully saturated rings. The monoisotopic (exact) mass is 465 g/mol. The van der Waals surface area contributed by atoms with E-state index in [9.17, 15) is 5.11 Å². The van der Waals surface area contributed by atoms with Crippen LogP contribution in [0.1, 0.15) is 51.1 Å². The van der Waals surface area contributed by atoms with Gasteiger partial charge in [0.1, 0.15) is 16.3 Å². The second-order valence-corrected chi connectivity index (χ2v) is 10.3. The Kier molecular flexibility index (Phi) is 5.92. The van der Waals surface area contributed by atoms with Crippen LogP contribution in [0, 0.1) is 12.8 Å².